The molecular formula is C9H15N3O2. The number of aromatic nitrogens is 2. The molecule has 14 heavy (non-hydrogen) atoms. The van der Waals surface area contributed by atoms with Crippen LogP contribution in [0.25, 0.3) is 0 Å². The van der Waals surface area contributed by atoms with E-state index in [9.17, 15) is 5.11 Å². The molecule has 0 spiro atoms. The highest BCUT2D eigenvalue weighted by molar-refractivity contribution is 5.18. The number of ether oxygens (including phenoxy) is 1. The smallest absolute Gasteiger partial charge is 0.235 e. The standard InChI is InChI=1S/C9H15N3O2/c1-6-9(14-2)11-5-7(12-6)8(13)3-4-10/h5,8,13H,3-4,10H2,1-2H3. The van der Waals surface area contributed by atoms with Crippen molar-refractivity contribution in [2.24, 2.45) is 5.73 Å². The van der Waals surface area contributed by atoms with E-state index in [0.29, 0.717) is 30.2 Å². The molecule has 0 saturated carbocycles. The molecule has 3 N–H and O–H groups in total. The van der Waals surface area contributed by atoms with Gasteiger partial charge in [0.25, 0.3) is 0 Å². The van der Waals surface area contributed by atoms with Gasteiger partial charge in [0.1, 0.15) is 0 Å². The summed E-state index contributed by atoms with van der Waals surface area (Å²) in [6, 6.07) is 0. The zero-order valence-corrected chi connectivity index (χ0v) is 8.40. The zero-order valence-electron chi connectivity index (χ0n) is 8.40. The Kier molecular flexibility index (Phi) is 3.79. The first-order chi connectivity index (χ1) is 6.69. The molecule has 0 amide bonds. The first kappa shape index (κ1) is 10.9. The molecule has 1 atom stereocenters. The van der Waals surface area contributed by atoms with E-state index in [1.54, 1.807) is 6.92 Å². The molecule has 0 aliphatic rings. The van der Waals surface area contributed by atoms with Crippen molar-refractivity contribution < 1.29 is 9.84 Å². The molecular weight excluding hydrogens is 182 g/mol. The number of hydrogen-bond donors (Lipinski definition) is 2. The van der Waals surface area contributed by atoms with Gasteiger partial charge in [-0.25, -0.2) is 9.97 Å². The second-order valence-corrected chi connectivity index (χ2v) is 2.98. The first-order valence-corrected chi connectivity index (χ1v) is 4.44. The molecule has 0 aliphatic heterocycles. The molecule has 0 fully saturated rings. The second-order valence-electron chi connectivity index (χ2n) is 2.98. The van der Waals surface area contributed by atoms with E-state index in [4.69, 9.17) is 10.5 Å². The van der Waals surface area contributed by atoms with Crippen molar-refractivity contribution in [2.75, 3.05) is 13.7 Å². The van der Waals surface area contributed by atoms with Gasteiger partial charge in [-0.1, -0.05) is 0 Å². The van der Waals surface area contributed by atoms with Crippen LogP contribution >= 0.6 is 0 Å². The van der Waals surface area contributed by atoms with E-state index in [2.05, 4.69) is 9.97 Å². The Bertz CT molecular complexity index is 304. The fourth-order valence-electron chi connectivity index (χ4n) is 1.16. The van der Waals surface area contributed by atoms with Gasteiger partial charge in [0.15, 0.2) is 0 Å². The summed E-state index contributed by atoms with van der Waals surface area (Å²) in [5.41, 5.74) is 6.53. The molecule has 0 radical (unpaired) electrons. The maximum Gasteiger partial charge on any atom is 0.235 e. The Labute approximate surface area is 82.9 Å². The quantitative estimate of drug-likeness (QED) is 0.719. The van der Waals surface area contributed by atoms with E-state index < -0.39 is 6.10 Å². The van der Waals surface area contributed by atoms with Gasteiger partial charge < -0.3 is 15.6 Å². The van der Waals surface area contributed by atoms with Crippen molar-refractivity contribution in [1.82, 2.24) is 9.97 Å². The Balaban J connectivity index is 2.85. The maximum atomic E-state index is 9.59. The van der Waals surface area contributed by atoms with Crippen molar-refractivity contribution in [1.29, 1.82) is 0 Å². The van der Waals surface area contributed by atoms with Crippen LogP contribution in [0.4, 0.5) is 0 Å². The summed E-state index contributed by atoms with van der Waals surface area (Å²) in [7, 11) is 1.53. The molecule has 5 heteroatoms. The van der Waals surface area contributed by atoms with Crippen LogP contribution in [0.2, 0.25) is 0 Å². The topological polar surface area (TPSA) is 81.3 Å². The minimum absolute atomic E-state index is 0.425. The van der Waals surface area contributed by atoms with E-state index in [-0.39, 0.29) is 0 Å². The lowest BCUT2D eigenvalue weighted by atomic mass is 10.2. The first-order valence-electron chi connectivity index (χ1n) is 4.44. The number of nitrogens with two attached hydrogens (primary N) is 1. The van der Waals surface area contributed by atoms with Crippen LogP contribution in [0.3, 0.4) is 0 Å². The number of aliphatic hydroxyl groups is 1. The van der Waals surface area contributed by atoms with Gasteiger partial charge in [0.05, 0.1) is 30.8 Å². The predicted molar refractivity (Wildman–Crippen MR) is 52.0 cm³/mol. The number of hydrogen-bond acceptors (Lipinski definition) is 5. The second kappa shape index (κ2) is 4.88. The van der Waals surface area contributed by atoms with Crippen LogP contribution in [0.15, 0.2) is 6.20 Å². The van der Waals surface area contributed by atoms with E-state index in [1.165, 1.54) is 13.3 Å². The Morgan fingerprint density at radius 1 is 1.64 bits per heavy atom. The highest BCUT2D eigenvalue weighted by Gasteiger charge is 2.10. The van der Waals surface area contributed by atoms with Crippen LogP contribution in [0, 0.1) is 6.92 Å². The fourth-order valence-corrected chi connectivity index (χ4v) is 1.16. The molecule has 5 nitrogen and oxygen atoms in total. The Morgan fingerprint density at radius 2 is 2.36 bits per heavy atom. The molecule has 1 rings (SSSR count). The third-order valence-corrected chi connectivity index (χ3v) is 1.90. The molecule has 0 bridgehead atoms. The van der Waals surface area contributed by atoms with Gasteiger partial charge in [0, 0.05) is 0 Å². The molecule has 0 aromatic carbocycles. The van der Waals surface area contributed by atoms with Crippen LogP contribution in [-0.4, -0.2) is 28.7 Å². The largest absolute Gasteiger partial charge is 0.480 e. The summed E-state index contributed by atoms with van der Waals surface area (Å²) in [6.07, 6.45) is 1.35. The van der Waals surface area contributed by atoms with Crippen molar-refractivity contribution >= 4 is 0 Å². The highest BCUT2D eigenvalue weighted by Crippen LogP contribution is 2.17. The van der Waals surface area contributed by atoms with Crippen LogP contribution in [-0.2, 0) is 0 Å². The summed E-state index contributed by atoms with van der Waals surface area (Å²) in [5, 5.41) is 9.59. The van der Waals surface area contributed by atoms with Crippen molar-refractivity contribution in [3.63, 3.8) is 0 Å². The van der Waals surface area contributed by atoms with E-state index in [1.807, 2.05) is 0 Å². The normalized spacial score (nSPS) is 12.6. The molecule has 1 aromatic heterocycles. The summed E-state index contributed by atoms with van der Waals surface area (Å²) >= 11 is 0. The molecule has 1 aromatic rings. The average Bonchev–Trinajstić information content (AvgIpc) is 2.18. The van der Waals surface area contributed by atoms with Crippen molar-refractivity contribution in [3.8, 4) is 5.88 Å². The third-order valence-electron chi connectivity index (χ3n) is 1.90. The number of nitrogens with zero attached hydrogens (tertiary/aromatic N) is 2. The summed E-state index contributed by atoms with van der Waals surface area (Å²) < 4.78 is 4.96. The minimum Gasteiger partial charge on any atom is -0.480 e. The minimum atomic E-state index is -0.642. The van der Waals surface area contributed by atoms with Gasteiger partial charge >= 0.3 is 0 Å². The Hall–Kier alpha value is -1.20. The van der Waals surface area contributed by atoms with Crippen LogP contribution < -0.4 is 10.5 Å². The summed E-state index contributed by atoms with van der Waals surface area (Å²) in [6.45, 7) is 2.21. The zero-order chi connectivity index (χ0) is 10.6. The lowest BCUT2D eigenvalue weighted by Crippen LogP contribution is -2.09. The van der Waals surface area contributed by atoms with Gasteiger partial charge in [-0.05, 0) is 19.9 Å². The molecule has 1 heterocycles. The van der Waals surface area contributed by atoms with Gasteiger partial charge in [-0.15, -0.1) is 0 Å². The summed E-state index contributed by atoms with van der Waals surface area (Å²) in [5.74, 6) is 0.480. The molecule has 1 unspecified atom stereocenters. The summed E-state index contributed by atoms with van der Waals surface area (Å²) in [4.78, 5) is 8.18. The predicted octanol–water partition coefficient (Wildman–Crippen LogP) is 0.176. The third kappa shape index (κ3) is 2.40. The maximum absolute atomic E-state index is 9.59. The van der Waals surface area contributed by atoms with Gasteiger partial charge in [-0.2, -0.15) is 0 Å². The molecule has 0 aliphatic carbocycles. The monoisotopic (exact) mass is 197 g/mol. The highest BCUT2D eigenvalue weighted by atomic mass is 16.5. The lowest BCUT2D eigenvalue weighted by Gasteiger charge is -2.10. The van der Waals surface area contributed by atoms with Crippen LogP contribution in [0.1, 0.15) is 23.9 Å². The number of aryl methyl sites for hydroxylation is 1. The number of aliphatic hydroxyl groups excluding tert-OH is 1. The number of methoxy groups -OCH3 is 1. The van der Waals surface area contributed by atoms with Gasteiger partial charge in [0.2, 0.25) is 5.88 Å². The SMILES string of the molecule is COc1ncc(C(O)CCN)nc1C. The molecule has 78 valence electrons. The lowest BCUT2D eigenvalue weighted by molar-refractivity contribution is 0.164. The number of rotatable bonds is 4. The van der Waals surface area contributed by atoms with Crippen molar-refractivity contribution in [2.45, 2.75) is 19.4 Å². The average molecular weight is 197 g/mol. The van der Waals surface area contributed by atoms with E-state index in [0.717, 1.165) is 0 Å². The van der Waals surface area contributed by atoms with Gasteiger partial charge in [-0.3, -0.25) is 0 Å². The fraction of sp³-hybridized carbons (Fsp3) is 0.556. The molecule has 0 saturated heterocycles. The Morgan fingerprint density at radius 3 is 2.86 bits per heavy atom. The van der Waals surface area contributed by atoms with E-state index >= 15 is 0 Å². The van der Waals surface area contributed by atoms with Crippen molar-refractivity contribution in [3.05, 3.63) is 17.6 Å². The van der Waals surface area contributed by atoms with Crippen LogP contribution in [0.5, 0.6) is 5.88 Å².